The van der Waals surface area contributed by atoms with Crippen LogP contribution in [0.3, 0.4) is 0 Å². The number of piperidine rings is 2. The van der Waals surface area contributed by atoms with Crippen LogP contribution in [0.4, 0.5) is 0 Å². The molecule has 124 valence electrons. The van der Waals surface area contributed by atoms with Crippen molar-refractivity contribution in [2.75, 3.05) is 38.2 Å². The molecule has 2 nitrogen and oxygen atoms in total. The molecule has 0 aromatic carbocycles. The Kier molecular flexibility index (Phi) is 6.66. The molecule has 1 aromatic rings. The van der Waals surface area contributed by atoms with Crippen LogP contribution in [0, 0.1) is 5.92 Å². The van der Waals surface area contributed by atoms with Gasteiger partial charge in [-0.2, -0.15) is 11.8 Å². The highest BCUT2D eigenvalue weighted by Gasteiger charge is 2.19. The van der Waals surface area contributed by atoms with E-state index in [1.807, 2.05) is 23.1 Å². The van der Waals surface area contributed by atoms with E-state index in [0.29, 0.717) is 0 Å². The van der Waals surface area contributed by atoms with Crippen LogP contribution in [0.25, 0.3) is 0 Å². The van der Waals surface area contributed by atoms with Crippen LogP contribution < -0.4 is 0 Å². The van der Waals surface area contributed by atoms with Crippen LogP contribution in [0.5, 0.6) is 0 Å². The van der Waals surface area contributed by atoms with Gasteiger partial charge in [0.2, 0.25) is 0 Å². The zero-order valence-corrected chi connectivity index (χ0v) is 15.6. The molecule has 0 bridgehead atoms. The van der Waals surface area contributed by atoms with Crippen molar-refractivity contribution < 1.29 is 0 Å². The second-order valence-electron chi connectivity index (χ2n) is 6.88. The summed E-state index contributed by atoms with van der Waals surface area (Å²) in [5, 5.41) is 0. The quantitative estimate of drug-likeness (QED) is 0.763. The van der Waals surface area contributed by atoms with Gasteiger partial charge in [-0.1, -0.05) is 6.42 Å². The molecule has 3 heterocycles. The topological polar surface area (TPSA) is 6.48 Å². The van der Waals surface area contributed by atoms with E-state index in [1.165, 1.54) is 77.1 Å². The molecule has 1 aromatic heterocycles. The third-order valence-corrected chi connectivity index (χ3v) is 6.89. The van der Waals surface area contributed by atoms with Gasteiger partial charge >= 0.3 is 0 Å². The van der Waals surface area contributed by atoms with Gasteiger partial charge < -0.3 is 0 Å². The van der Waals surface area contributed by atoms with E-state index < -0.39 is 0 Å². The summed E-state index contributed by atoms with van der Waals surface area (Å²) >= 11 is 4.06. The molecule has 2 aliphatic rings. The first kappa shape index (κ1) is 16.8. The number of hydrogen-bond donors (Lipinski definition) is 0. The maximum atomic E-state index is 2.66. The fourth-order valence-electron chi connectivity index (χ4n) is 3.70. The summed E-state index contributed by atoms with van der Waals surface area (Å²) in [7, 11) is 0. The Bertz CT molecular complexity index is 432. The van der Waals surface area contributed by atoms with E-state index >= 15 is 0 Å². The van der Waals surface area contributed by atoms with Crippen molar-refractivity contribution >= 4 is 23.1 Å². The average Bonchev–Trinajstić information content (AvgIpc) is 2.98. The zero-order chi connectivity index (χ0) is 15.2. The molecule has 0 radical (unpaired) electrons. The summed E-state index contributed by atoms with van der Waals surface area (Å²) in [6.45, 7) is 7.55. The molecule has 0 amide bonds. The number of nitrogens with zero attached hydrogens (tertiary/aromatic N) is 2. The van der Waals surface area contributed by atoms with Crippen LogP contribution in [-0.4, -0.2) is 48.0 Å². The molecule has 2 saturated heterocycles. The Morgan fingerprint density at radius 3 is 2.14 bits per heavy atom. The van der Waals surface area contributed by atoms with Gasteiger partial charge in [0.05, 0.1) is 0 Å². The third kappa shape index (κ3) is 4.98. The van der Waals surface area contributed by atoms with Crippen LogP contribution in [0.15, 0.2) is 12.1 Å². The molecule has 2 aliphatic heterocycles. The van der Waals surface area contributed by atoms with Crippen molar-refractivity contribution in [3.05, 3.63) is 21.9 Å². The van der Waals surface area contributed by atoms with Gasteiger partial charge in [0.1, 0.15) is 0 Å². The monoisotopic (exact) mass is 338 g/mol. The summed E-state index contributed by atoms with van der Waals surface area (Å²) in [5.41, 5.74) is 0. The molecule has 2 fully saturated rings. The standard InChI is InChI=1S/C18H30N2S2/c1-21-15-16-7-11-20(12-8-16)14-18-6-5-17(22-18)13-19-9-3-2-4-10-19/h5-6,16H,2-4,7-15H2,1H3. The van der Waals surface area contributed by atoms with E-state index in [2.05, 4.69) is 28.2 Å². The lowest BCUT2D eigenvalue weighted by Gasteiger charge is -2.31. The first-order valence-electron chi connectivity index (χ1n) is 8.85. The molecular formula is C18H30N2S2. The van der Waals surface area contributed by atoms with Gasteiger partial charge in [0.25, 0.3) is 0 Å². The Labute approximate surface area is 144 Å². The second-order valence-corrected chi connectivity index (χ2v) is 9.04. The second kappa shape index (κ2) is 8.72. The third-order valence-electron chi connectivity index (χ3n) is 5.03. The Hall–Kier alpha value is -0.0300. The van der Waals surface area contributed by atoms with Crippen molar-refractivity contribution in [2.24, 2.45) is 5.92 Å². The number of thiophene rings is 1. The molecule has 0 spiro atoms. The maximum absolute atomic E-state index is 2.66. The first-order chi connectivity index (χ1) is 10.8. The van der Waals surface area contributed by atoms with E-state index in [9.17, 15) is 0 Å². The highest BCUT2D eigenvalue weighted by atomic mass is 32.2. The minimum absolute atomic E-state index is 0.962. The van der Waals surface area contributed by atoms with Gasteiger partial charge in [0.15, 0.2) is 0 Å². The van der Waals surface area contributed by atoms with Crippen molar-refractivity contribution in [3.63, 3.8) is 0 Å². The van der Waals surface area contributed by atoms with Gasteiger partial charge in [-0.3, -0.25) is 9.80 Å². The summed E-state index contributed by atoms with van der Waals surface area (Å²) in [6.07, 6.45) is 9.24. The number of thioether (sulfide) groups is 1. The zero-order valence-electron chi connectivity index (χ0n) is 13.9. The lowest BCUT2D eigenvalue weighted by Crippen LogP contribution is -2.33. The molecule has 0 N–H and O–H groups in total. The largest absolute Gasteiger partial charge is 0.298 e. The lowest BCUT2D eigenvalue weighted by molar-refractivity contribution is 0.188. The van der Waals surface area contributed by atoms with Crippen LogP contribution in [0.1, 0.15) is 41.9 Å². The molecule has 0 saturated carbocycles. The molecule has 0 atom stereocenters. The number of hydrogen-bond acceptors (Lipinski definition) is 4. The smallest absolute Gasteiger partial charge is 0.0328 e. The molecule has 0 aliphatic carbocycles. The fourth-order valence-corrected chi connectivity index (χ4v) is 5.61. The van der Waals surface area contributed by atoms with E-state index in [1.54, 1.807) is 9.75 Å². The number of rotatable bonds is 6. The summed E-state index contributed by atoms with van der Waals surface area (Å²) in [6, 6.07) is 4.74. The highest BCUT2D eigenvalue weighted by Crippen LogP contribution is 2.25. The maximum Gasteiger partial charge on any atom is 0.0328 e. The van der Waals surface area contributed by atoms with Gasteiger partial charge in [-0.05, 0) is 81.9 Å². The number of likely N-dealkylation sites (tertiary alicyclic amines) is 2. The summed E-state index contributed by atoms with van der Waals surface area (Å²) in [5.74, 6) is 2.32. The SMILES string of the molecule is CSCC1CCN(Cc2ccc(CN3CCCCC3)s2)CC1. The molecule has 0 unspecified atom stereocenters. The highest BCUT2D eigenvalue weighted by molar-refractivity contribution is 7.98. The van der Waals surface area contributed by atoms with Gasteiger partial charge in [-0.15, -0.1) is 11.3 Å². The minimum atomic E-state index is 0.962. The average molecular weight is 339 g/mol. The van der Waals surface area contributed by atoms with Crippen molar-refractivity contribution in [3.8, 4) is 0 Å². The summed E-state index contributed by atoms with van der Waals surface area (Å²) < 4.78 is 0. The van der Waals surface area contributed by atoms with Gasteiger partial charge in [-0.25, -0.2) is 0 Å². The summed E-state index contributed by atoms with van der Waals surface area (Å²) in [4.78, 5) is 8.42. The van der Waals surface area contributed by atoms with Gasteiger partial charge in [0, 0.05) is 22.8 Å². The lowest BCUT2D eigenvalue weighted by atomic mass is 9.99. The van der Waals surface area contributed by atoms with Crippen molar-refractivity contribution in [1.82, 2.24) is 9.80 Å². The van der Waals surface area contributed by atoms with E-state index in [-0.39, 0.29) is 0 Å². The van der Waals surface area contributed by atoms with Crippen LogP contribution in [-0.2, 0) is 13.1 Å². The Morgan fingerprint density at radius 2 is 1.55 bits per heavy atom. The molecule has 22 heavy (non-hydrogen) atoms. The predicted octanol–water partition coefficient (Wildman–Crippen LogP) is 4.31. The van der Waals surface area contributed by atoms with Crippen molar-refractivity contribution in [1.29, 1.82) is 0 Å². The normalized spacial score (nSPS) is 22.2. The fraction of sp³-hybridized carbons (Fsp3) is 0.778. The van der Waals surface area contributed by atoms with Crippen LogP contribution in [0.2, 0.25) is 0 Å². The molecule has 3 rings (SSSR count). The minimum Gasteiger partial charge on any atom is -0.298 e. The van der Waals surface area contributed by atoms with Crippen LogP contribution >= 0.6 is 23.1 Å². The van der Waals surface area contributed by atoms with Crippen molar-refractivity contribution in [2.45, 2.75) is 45.2 Å². The first-order valence-corrected chi connectivity index (χ1v) is 11.1. The Balaban J connectivity index is 1.43. The Morgan fingerprint density at radius 1 is 0.955 bits per heavy atom. The van der Waals surface area contributed by atoms with E-state index in [0.717, 1.165) is 5.92 Å². The predicted molar refractivity (Wildman–Crippen MR) is 99.8 cm³/mol. The molecule has 4 heteroatoms. The van der Waals surface area contributed by atoms with E-state index in [4.69, 9.17) is 0 Å². The molecular weight excluding hydrogens is 308 g/mol.